The van der Waals surface area contributed by atoms with E-state index in [4.69, 9.17) is 0 Å². The van der Waals surface area contributed by atoms with Gasteiger partial charge in [0, 0.05) is 25.5 Å². The second-order valence-electron chi connectivity index (χ2n) is 5.59. The van der Waals surface area contributed by atoms with Crippen LogP contribution in [0.3, 0.4) is 0 Å². The van der Waals surface area contributed by atoms with E-state index in [0.717, 1.165) is 30.9 Å². The van der Waals surface area contributed by atoms with E-state index < -0.39 is 0 Å². The molecule has 3 rings (SSSR count). The molecule has 21 heavy (non-hydrogen) atoms. The van der Waals surface area contributed by atoms with Gasteiger partial charge >= 0.3 is 6.03 Å². The van der Waals surface area contributed by atoms with Crippen molar-refractivity contribution in [1.29, 1.82) is 0 Å². The fourth-order valence-corrected chi connectivity index (χ4v) is 2.76. The summed E-state index contributed by atoms with van der Waals surface area (Å²) in [6.07, 6.45) is 5.88. The van der Waals surface area contributed by atoms with Gasteiger partial charge in [-0.15, -0.1) is 0 Å². The first-order chi connectivity index (χ1) is 10.2. The Kier molecular flexibility index (Phi) is 3.90. The van der Waals surface area contributed by atoms with E-state index in [1.165, 1.54) is 6.42 Å². The molecular weight excluding hydrogens is 264 g/mol. The summed E-state index contributed by atoms with van der Waals surface area (Å²) in [6.45, 7) is 3.85. The molecule has 2 amide bonds. The highest BCUT2D eigenvalue weighted by molar-refractivity contribution is 5.91. The maximum Gasteiger partial charge on any atom is 0.321 e. The number of piperidine rings is 1. The molecule has 110 valence electrons. The van der Waals surface area contributed by atoms with Gasteiger partial charge in [-0.1, -0.05) is 19.1 Å². The van der Waals surface area contributed by atoms with Gasteiger partial charge in [-0.25, -0.2) is 9.48 Å². The van der Waals surface area contributed by atoms with Crippen molar-refractivity contribution in [3.8, 4) is 5.69 Å². The fraction of sp³-hybridized carbons (Fsp3) is 0.375. The van der Waals surface area contributed by atoms with Crippen LogP contribution in [0.2, 0.25) is 0 Å². The maximum absolute atomic E-state index is 12.4. The number of urea groups is 1. The van der Waals surface area contributed by atoms with Gasteiger partial charge in [0.25, 0.3) is 0 Å². The zero-order valence-corrected chi connectivity index (χ0v) is 12.2. The number of likely N-dealkylation sites (tertiary alicyclic amines) is 1. The number of anilines is 1. The van der Waals surface area contributed by atoms with Crippen molar-refractivity contribution >= 4 is 11.7 Å². The van der Waals surface area contributed by atoms with E-state index >= 15 is 0 Å². The molecule has 1 aliphatic heterocycles. The van der Waals surface area contributed by atoms with Crippen LogP contribution in [-0.4, -0.2) is 33.8 Å². The van der Waals surface area contributed by atoms with Crippen molar-refractivity contribution in [2.24, 2.45) is 5.92 Å². The number of amides is 2. The van der Waals surface area contributed by atoms with Gasteiger partial charge in [-0.05, 0) is 37.0 Å². The van der Waals surface area contributed by atoms with Crippen LogP contribution in [0.5, 0.6) is 0 Å². The normalized spacial score (nSPS) is 18.5. The minimum Gasteiger partial charge on any atom is -0.324 e. The standard InChI is InChI=1S/C16H20N4O/c1-13-6-4-10-19(12-13)16(21)18-14-7-2-3-8-15(14)20-11-5-9-17-20/h2-3,5,7-9,11,13H,4,6,10,12H2,1H3,(H,18,21). The van der Waals surface area contributed by atoms with Crippen molar-refractivity contribution in [3.05, 3.63) is 42.7 Å². The lowest BCUT2D eigenvalue weighted by Gasteiger charge is -2.31. The highest BCUT2D eigenvalue weighted by Crippen LogP contribution is 2.21. The second-order valence-corrected chi connectivity index (χ2v) is 5.59. The maximum atomic E-state index is 12.4. The Morgan fingerprint density at radius 1 is 1.33 bits per heavy atom. The molecule has 0 saturated carbocycles. The predicted molar refractivity (Wildman–Crippen MR) is 82.6 cm³/mol. The summed E-state index contributed by atoms with van der Waals surface area (Å²) in [5.41, 5.74) is 1.66. The second kappa shape index (κ2) is 5.99. The van der Waals surface area contributed by atoms with E-state index in [-0.39, 0.29) is 6.03 Å². The lowest BCUT2D eigenvalue weighted by Crippen LogP contribution is -2.41. The van der Waals surface area contributed by atoms with Gasteiger partial charge in [0.2, 0.25) is 0 Å². The number of hydrogen-bond donors (Lipinski definition) is 1. The third kappa shape index (κ3) is 3.07. The van der Waals surface area contributed by atoms with E-state index in [2.05, 4.69) is 17.3 Å². The van der Waals surface area contributed by atoms with Gasteiger partial charge in [0.1, 0.15) is 0 Å². The van der Waals surface area contributed by atoms with Gasteiger partial charge in [0.15, 0.2) is 0 Å². The number of hydrogen-bond acceptors (Lipinski definition) is 2. The molecule has 2 heterocycles. The highest BCUT2D eigenvalue weighted by Gasteiger charge is 2.21. The molecule has 5 heteroatoms. The smallest absolute Gasteiger partial charge is 0.321 e. The summed E-state index contributed by atoms with van der Waals surface area (Å²) >= 11 is 0. The number of benzene rings is 1. The highest BCUT2D eigenvalue weighted by atomic mass is 16.2. The average molecular weight is 284 g/mol. The molecule has 0 bridgehead atoms. The van der Waals surface area contributed by atoms with Gasteiger partial charge in [-0.3, -0.25) is 0 Å². The van der Waals surface area contributed by atoms with Crippen LogP contribution in [0.4, 0.5) is 10.5 Å². The molecule has 1 unspecified atom stereocenters. The van der Waals surface area contributed by atoms with Crippen molar-refractivity contribution in [1.82, 2.24) is 14.7 Å². The van der Waals surface area contributed by atoms with E-state index in [1.54, 1.807) is 10.9 Å². The Morgan fingerprint density at radius 3 is 2.95 bits per heavy atom. The molecule has 1 aromatic carbocycles. The summed E-state index contributed by atoms with van der Waals surface area (Å²) in [7, 11) is 0. The zero-order valence-electron chi connectivity index (χ0n) is 12.2. The molecule has 5 nitrogen and oxygen atoms in total. The Bertz CT molecular complexity index is 608. The Labute approximate surface area is 124 Å². The summed E-state index contributed by atoms with van der Waals surface area (Å²) in [4.78, 5) is 14.3. The summed E-state index contributed by atoms with van der Waals surface area (Å²) < 4.78 is 1.76. The number of carbonyl (C=O) groups excluding carboxylic acids is 1. The van der Waals surface area contributed by atoms with Crippen molar-refractivity contribution < 1.29 is 4.79 Å². The number of nitrogens with zero attached hydrogens (tertiary/aromatic N) is 3. The zero-order chi connectivity index (χ0) is 14.7. The van der Waals surface area contributed by atoms with Crippen LogP contribution in [0, 0.1) is 5.92 Å². The molecule has 1 N–H and O–H groups in total. The third-order valence-corrected chi connectivity index (χ3v) is 3.84. The van der Waals surface area contributed by atoms with E-state index in [0.29, 0.717) is 5.92 Å². The molecule has 0 spiro atoms. The summed E-state index contributed by atoms with van der Waals surface area (Å²) in [5, 5.41) is 7.25. The molecule has 2 aromatic rings. The molecule has 0 aliphatic carbocycles. The Morgan fingerprint density at radius 2 is 2.19 bits per heavy atom. The summed E-state index contributed by atoms with van der Waals surface area (Å²) in [6, 6.07) is 9.55. The largest absolute Gasteiger partial charge is 0.324 e. The van der Waals surface area contributed by atoms with Gasteiger partial charge < -0.3 is 10.2 Å². The van der Waals surface area contributed by atoms with Crippen molar-refractivity contribution in [3.63, 3.8) is 0 Å². The first kappa shape index (κ1) is 13.7. The molecule has 1 saturated heterocycles. The first-order valence-corrected chi connectivity index (χ1v) is 7.39. The molecule has 1 aliphatic rings. The molecule has 0 radical (unpaired) electrons. The van der Waals surface area contributed by atoms with Crippen LogP contribution in [0.25, 0.3) is 5.69 Å². The summed E-state index contributed by atoms with van der Waals surface area (Å²) in [5.74, 6) is 0.575. The van der Waals surface area contributed by atoms with E-state index in [9.17, 15) is 4.79 Å². The average Bonchev–Trinajstić information content (AvgIpc) is 3.02. The van der Waals surface area contributed by atoms with Crippen LogP contribution < -0.4 is 5.32 Å². The SMILES string of the molecule is CC1CCCN(C(=O)Nc2ccccc2-n2cccn2)C1. The van der Waals surface area contributed by atoms with Crippen LogP contribution in [0.1, 0.15) is 19.8 Å². The lowest BCUT2D eigenvalue weighted by atomic mass is 10.0. The van der Waals surface area contributed by atoms with E-state index in [1.807, 2.05) is 41.4 Å². The Hall–Kier alpha value is -2.30. The minimum atomic E-state index is -0.0267. The first-order valence-electron chi connectivity index (χ1n) is 7.39. The number of para-hydroxylation sites is 2. The number of rotatable bonds is 2. The van der Waals surface area contributed by atoms with Crippen LogP contribution >= 0.6 is 0 Å². The van der Waals surface area contributed by atoms with Crippen molar-refractivity contribution in [2.75, 3.05) is 18.4 Å². The lowest BCUT2D eigenvalue weighted by molar-refractivity contribution is 0.182. The van der Waals surface area contributed by atoms with Gasteiger partial charge in [0.05, 0.1) is 11.4 Å². The van der Waals surface area contributed by atoms with Crippen LogP contribution in [0.15, 0.2) is 42.7 Å². The molecular formula is C16H20N4O. The quantitative estimate of drug-likeness (QED) is 0.921. The monoisotopic (exact) mass is 284 g/mol. The van der Waals surface area contributed by atoms with Crippen LogP contribution in [-0.2, 0) is 0 Å². The number of carbonyl (C=O) groups is 1. The minimum absolute atomic E-state index is 0.0267. The topological polar surface area (TPSA) is 50.2 Å². The van der Waals surface area contributed by atoms with Gasteiger partial charge in [-0.2, -0.15) is 5.10 Å². The Balaban J connectivity index is 1.77. The predicted octanol–water partition coefficient (Wildman–Crippen LogP) is 3.14. The molecule has 1 fully saturated rings. The van der Waals surface area contributed by atoms with Crippen molar-refractivity contribution in [2.45, 2.75) is 19.8 Å². The number of aromatic nitrogens is 2. The molecule has 1 atom stereocenters. The number of nitrogens with one attached hydrogen (secondary N) is 1. The molecule has 1 aromatic heterocycles. The third-order valence-electron chi connectivity index (χ3n) is 3.84. The fourth-order valence-electron chi connectivity index (χ4n) is 2.76.